The Morgan fingerprint density at radius 1 is 1.17 bits per heavy atom. The molecular weight excluding hydrogens is 362 g/mol. The van der Waals surface area contributed by atoms with Gasteiger partial charge < -0.3 is 9.80 Å². The van der Waals surface area contributed by atoms with Crippen molar-refractivity contribution in [1.29, 1.82) is 0 Å². The standard InChI is InChI=1S/C22H27N7/c1-4-27-8-5-17(6-9-27)20-14-28-10-7-18(25-22(28)12-23-20)19-11-21-16(3)24-15(2)13-29(21)26-19/h7,11-14,17H,4-6,8-10H2,1-3H3. The average molecular weight is 390 g/mol. The van der Waals surface area contributed by atoms with Crippen molar-refractivity contribution in [1.82, 2.24) is 24.4 Å². The zero-order valence-electron chi connectivity index (χ0n) is 17.3. The third-order valence-electron chi connectivity index (χ3n) is 6.10. The Bertz CT molecular complexity index is 1060. The Balaban J connectivity index is 1.35. The maximum absolute atomic E-state index is 4.83. The maximum Gasteiger partial charge on any atom is 0.152 e. The van der Waals surface area contributed by atoms with E-state index < -0.39 is 0 Å². The van der Waals surface area contributed by atoms with Crippen molar-refractivity contribution in [3.63, 3.8) is 0 Å². The van der Waals surface area contributed by atoms with Gasteiger partial charge in [-0.1, -0.05) is 6.92 Å². The lowest BCUT2D eigenvalue weighted by Gasteiger charge is -2.33. The summed E-state index contributed by atoms with van der Waals surface area (Å²) in [5.74, 6) is 1.44. The SMILES string of the molecule is CCN1CCC(C2=CN3CC=C(c4cc5c(C)nc(C)cn5n4)N=C3C=N2)CC1. The summed E-state index contributed by atoms with van der Waals surface area (Å²) in [6.07, 6.45) is 10.6. The number of hydrogen-bond acceptors (Lipinski definition) is 6. The Hall–Kier alpha value is -2.80. The average Bonchev–Trinajstić information content (AvgIpc) is 3.17. The first-order chi connectivity index (χ1) is 14.1. The van der Waals surface area contributed by atoms with Gasteiger partial charge in [0.25, 0.3) is 0 Å². The lowest BCUT2D eigenvalue weighted by atomic mass is 9.93. The highest BCUT2D eigenvalue weighted by molar-refractivity contribution is 6.31. The third-order valence-corrected chi connectivity index (χ3v) is 6.10. The fourth-order valence-electron chi connectivity index (χ4n) is 4.39. The molecule has 2 aromatic heterocycles. The van der Waals surface area contributed by atoms with Gasteiger partial charge in [-0.25, -0.2) is 9.51 Å². The number of aromatic nitrogens is 3. The third kappa shape index (κ3) is 3.40. The van der Waals surface area contributed by atoms with Crippen molar-refractivity contribution in [3.05, 3.63) is 47.3 Å². The van der Waals surface area contributed by atoms with Crippen LogP contribution in [-0.2, 0) is 0 Å². The van der Waals surface area contributed by atoms with Crippen molar-refractivity contribution in [3.8, 4) is 0 Å². The first-order valence-electron chi connectivity index (χ1n) is 10.5. The smallest absolute Gasteiger partial charge is 0.152 e. The lowest BCUT2D eigenvalue weighted by Crippen LogP contribution is -2.36. The summed E-state index contributed by atoms with van der Waals surface area (Å²) in [4.78, 5) is 18.8. The van der Waals surface area contributed by atoms with Crippen LogP contribution < -0.4 is 0 Å². The molecule has 7 heteroatoms. The molecule has 1 saturated heterocycles. The van der Waals surface area contributed by atoms with Crippen LogP contribution in [0.15, 0.2) is 40.2 Å². The second kappa shape index (κ2) is 7.22. The number of piperidine rings is 1. The molecule has 1 fully saturated rings. The minimum atomic E-state index is 0.554. The highest BCUT2D eigenvalue weighted by Crippen LogP contribution is 2.29. The Morgan fingerprint density at radius 2 is 2.00 bits per heavy atom. The molecule has 150 valence electrons. The van der Waals surface area contributed by atoms with E-state index in [1.807, 2.05) is 30.8 Å². The normalized spacial score (nSPS) is 20.5. The summed E-state index contributed by atoms with van der Waals surface area (Å²) in [6.45, 7) is 10.5. The predicted octanol–water partition coefficient (Wildman–Crippen LogP) is 3.06. The van der Waals surface area contributed by atoms with Crippen LogP contribution in [0.4, 0.5) is 0 Å². The van der Waals surface area contributed by atoms with E-state index >= 15 is 0 Å². The van der Waals surface area contributed by atoms with Crippen molar-refractivity contribution in [2.45, 2.75) is 33.6 Å². The van der Waals surface area contributed by atoms with Crippen LogP contribution in [0.2, 0.25) is 0 Å². The first kappa shape index (κ1) is 18.2. The molecule has 7 nitrogen and oxygen atoms in total. The largest absolute Gasteiger partial charge is 0.326 e. The van der Waals surface area contributed by atoms with Gasteiger partial charge in [0.2, 0.25) is 0 Å². The van der Waals surface area contributed by atoms with Crippen molar-refractivity contribution >= 4 is 23.3 Å². The topological polar surface area (TPSA) is 61.4 Å². The van der Waals surface area contributed by atoms with Crippen molar-refractivity contribution in [2.24, 2.45) is 15.9 Å². The molecule has 0 aliphatic carbocycles. The molecule has 0 aromatic carbocycles. The number of allylic oxidation sites excluding steroid dienone is 1. The van der Waals surface area contributed by atoms with Gasteiger partial charge in [0.15, 0.2) is 5.84 Å². The van der Waals surface area contributed by atoms with Gasteiger partial charge in [0, 0.05) is 18.7 Å². The van der Waals surface area contributed by atoms with E-state index in [4.69, 9.17) is 15.1 Å². The number of hydrogen-bond donors (Lipinski definition) is 0. The molecule has 0 amide bonds. The van der Waals surface area contributed by atoms with E-state index in [1.54, 1.807) is 0 Å². The van der Waals surface area contributed by atoms with Gasteiger partial charge in [-0.15, -0.1) is 0 Å². The maximum atomic E-state index is 4.83. The zero-order chi connectivity index (χ0) is 20.0. The molecular formula is C22H27N7. The Morgan fingerprint density at radius 3 is 2.79 bits per heavy atom. The minimum Gasteiger partial charge on any atom is -0.326 e. The molecule has 5 rings (SSSR count). The minimum absolute atomic E-state index is 0.554. The summed E-state index contributed by atoms with van der Waals surface area (Å²) in [6, 6.07) is 2.07. The predicted molar refractivity (Wildman–Crippen MR) is 116 cm³/mol. The van der Waals surface area contributed by atoms with Gasteiger partial charge in [0.1, 0.15) is 5.69 Å². The molecule has 3 aliphatic heterocycles. The first-order valence-corrected chi connectivity index (χ1v) is 10.5. The monoisotopic (exact) mass is 389 g/mol. The van der Waals surface area contributed by atoms with Crippen molar-refractivity contribution < 1.29 is 0 Å². The molecule has 0 bridgehead atoms. The van der Waals surface area contributed by atoms with Crippen LogP contribution in [0.25, 0.3) is 11.2 Å². The van der Waals surface area contributed by atoms with Gasteiger partial charge in [0.05, 0.1) is 40.7 Å². The number of likely N-dealkylation sites (tertiary alicyclic amines) is 1. The molecule has 0 saturated carbocycles. The number of aliphatic imine (C=N–C) groups is 2. The number of amidine groups is 1. The molecule has 3 aliphatic rings. The molecule has 2 aromatic rings. The zero-order valence-corrected chi connectivity index (χ0v) is 17.3. The number of aryl methyl sites for hydroxylation is 2. The second-order valence-corrected chi connectivity index (χ2v) is 8.06. The molecule has 0 atom stereocenters. The van der Waals surface area contributed by atoms with Crippen molar-refractivity contribution in [2.75, 3.05) is 26.2 Å². The van der Waals surface area contributed by atoms with Crippen LogP contribution in [-0.4, -0.2) is 62.6 Å². The van der Waals surface area contributed by atoms with Gasteiger partial charge in [-0.05, 0) is 58.5 Å². The number of nitrogens with zero attached hydrogens (tertiary/aromatic N) is 7. The Kier molecular flexibility index (Phi) is 4.54. The van der Waals surface area contributed by atoms with E-state index in [9.17, 15) is 0 Å². The molecule has 0 N–H and O–H groups in total. The van der Waals surface area contributed by atoms with E-state index in [2.05, 4.69) is 40.0 Å². The van der Waals surface area contributed by atoms with Crippen LogP contribution >= 0.6 is 0 Å². The molecule has 0 spiro atoms. The van der Waals surface area contributed by atoms with Gasteiger partial charge in [-0.2, -0.15) is 5.10 Å². The summed E-state index contributed by atoms with van der Waals surface area (Å²) in [7, 11) is 0. The van der Waals surface area contributed by atoms with E-state index in [0.29, 0.717) is 5.92 Å². The number of rotatable bonds is 3. The van der Waals surface area contributed by atoms with Crippen LogP contribution in [0, 0.1) is 19.8 Å². The van der Waals surface area contributed by atoms with Crippen LogP contribution in [0.3, 0.4) is 0 Å². The molecule has 29 heavy (non-hydrogen) atoms. The Labute approximate surface area is 171 Å². The summed E-state index contributed by atoms with van der Waals surface area (Å²) in [5, 5.41) is 4.72. The van der Waals surface area contributed by atoms with Gasteiger partial charge in [-0.3, -0.25) is 9.98 Å². The summed E-state index contributed by atoms with van der Waals surface area (Å²) >= 11 is 0. The fraction of sp³-hybridized carbons (Fsp3) is 0.455. The van der Waals surface area contributed by atoms with Crippen LogP contribution in [0.1, 0.15) is 36.8 Å². The second-order valence-electron chi connectivity index (χ2n) is 8.06. The van der Waals surface area contributed by atoms with E-state index in [0.717, 1.165) is 47.2 Å². The number of fused-ring (bicyclic) bond motifs is 2. The highest BCUT2D eigenvalue weighted by atomic mass is 15.3. The molecule has 0 radical (unpaired) electrons. The van der Waals surface area contributed by atoms with Crippen LogP contribution in [0.5, 0.6) is 0 Å². The quantitative estimate of drug-likeness (QED) is 0.809. The lowest BCUT2D eigenvalue weighted by molar-refractivity contribution is 0.206. The summed E-state index contributed by atoms with van der Waals surface area (Å²) < 4.78 is 1.90. The van der Waals surface area contributed by atoms with E-state index in [1.165, 1.54) is 31.6 Å². The fourth-order valence-corrected chi connectivity index (χ4v) is 4.39. The summed E-state index contributed by atoms with van der Waals surface area (Å²) in [5.41, 5.74) is 5.94. The van der Waals surface area contributed by atoms with Gasteiger partial charge >= 0.3 is 0 Å². The highest BCUT2D eigenvalue weighted by Gasteiger charge is 2.25. The molecule has 0 unspecified atom stereocenters. The molecule has 5 heterocycles. The van der Waals surface area contributed by atoms with E-state index in [-0.39, 0.29) is 0 Å².